The molecule has 0 aromatic carbocycles. The van der Waals surface area contributed by atoms with E-state index in [9.17, 15) is 18.7 Å². The molecular weight excluding hydrogens is 462 g/mol. The number of pyridine rings is 3. The minimum absolute atomic E-state index is 0.0632. The molecule has 4 aromatic rings. The largest absolute Gasteiger partial charge is 0.487 e. The lowest BCUT2D eigenvalue weighted by Gasteiger charge is -2.15. The fourth-order valence-corrected chi connectivity index (χ4v) is 4.26. The van der Waals surface area contributed by atoms with E-state index in [2.05, 4.69) is 15.0 Å². The topological polar surface area (TPSA) is 90.1 Å². The molecule has 0 fully saturated rings. The van der Waals surface area contributed by atoms with E-state index >= 15 is 0 Å². The Morgan fingerprint density at radius 1 is 1.12 bits per heavy atom. The molecule has 0 bridgehead atoms. The van der Waals surface area contributed by atoms with E-state index in [4.69, 9.17) is 4.74 Å². The van der Waals surface area contributed by atoms with Gasteiger partial charge in [0.25, 0.3) is 5.56 Å². The smallest absolute Gasteiger partial charge is 0.259 e. The molecule has 0 unspecified atom stereocenters. The molecule has 0 saturated carbocycles. The fraction of sp³-hybridized carbons (Fsp3) is 0.250. The fourth-order valence-electron chi connectivity index (χ4n) is 3.31. The molecule has 4 rings (SSSR count). The molecule has 0 spiro atoms. The molecule has 176 valence electrons. The number of aliphatic hydroxyl groups is 1. The molecule has 10 heteroatoms. The van der Waals surface area contributed by atoms with Crippen molar-refractivity contribution < 1.29 is 18.6 Å². The number of hydrogen-bond acceptors (Lipinski definition) is 7. The number of halogens is 2. The number of nitrogens with zero attached hydrogens (tertiary/aromatic N) is 4. The van der Waals surface area contributed by atoms with Crippen LogP contribution in [0.5, 0.6) is 5.75 Å². The Morgan fingerprint density at radius 3 is 2.53 bits per heavy atom. The Kier molecular flexibility index (Phi) is 6.28. The second kappa shape index (κ2) is 9.03. The van der Waals surface area contributed by atoms with Crippen LogP contribution in [0, 0.1) is 25.5 Å². The molecule has 1 N–H and O–H groups in total. The van der Waals surface area contributed by atoms with E-state index < -0.39 is 17.2 Å². The predicted molar refractivity (Wildman–Crippen MR) is 124 cm³/mol. The highest BCUT2D eigenvalue weighted by atomic mass is 32.1. The van der Waals surface area contributed by atoms with Gasteiger partial charge in [0.1, 0.15) is 40.2 Å². The Balaban J connectivity index is 1.65. The van der Waals surface area contributed by atoms with Gasteiger partial charge in [-0.1, -0.05) is 0 Å². The van der Waals surface area contributed by atoms with Gasteiger partial charge in [0.05, 0.1) is 17.6 Å². The maximum absolute atomic E-state index is 13.8. The van der Waals surface area contributed by atoms with E-state index in [-0.39, 0.29) is 23.6 Å². The summed E-state index contributed by atoms with van der Waals surface area (Å²) >= 11 is 1.36. The third-order valence-electron chi connectivity index (χ3n) is 5.12. The molecule has 0 amide bonds. The van der Waals surface area contributed by atoms with Gasteiger partial charge in [0.15, 0.2) is 5.82 Å². The van der Waals surface area contributed by atoms with Crippen molar-refractivity contribution >= 4 is 11.3 Å². The normalized spacial score (nSPS) is 11.6. The van der Waals surface area contributed by atoms with Gasteiger partial charge < -0.3 is 9.84 Å². The second-order valence-corrected chi connectivity index (χ2v) is 9.19. The molecule has 0 atom stereocenters. The lowest BCUT2D eigenvalue weighted by Crippen LogP contribution is -2.21. The molecule has 0 saturated heterocycles. The van der Waals surface area contributed by atoms with Crippen LogP contribution in [0.3, 0.4) is 0 Å². The summed E-state index contributed by atoms with van der Waals surface area (Å²) < 4.78 is 33.9. The molecule has 4 heterocycles. The molecule has 0 radical (unpaired) electrons. The highest BCUT2D eigenvalue weighted by Gasteiger charge is 2.21. The van der Waals surface area contributed by atoms with Gasteiger partial charge >= 0.3 is 0 Å². The zero-order valence-corrected chi connectivity index (χ0v) is 19.8. The van der Waals surface area contributed by atoms with Crippen LogP contribution in [0.2, 0.25) is 0 Å². The Morgan fingerprint density at radius 2 is 1.88 bits per heavy atom. The monoisotopic (exact) mass is 484 g/mol. The first kappa shape index (κ1) is 23.7. The standard InChI is InChI=1S/C24H22F2N4O3S/c1-13-9-27-18(23-29-21(12-34-23)24(3,4)32)8-20(13)30-14(2)5-16(7-22(30)31)33-11-19-17(26)6-15(25)10-28-19/h5-10,12,32H,11H2,1-4H3. The van der Waals surface area contributed by atoms with Crippen LogP contribution in [-0.4, -0.2) is 24.6 Å². The number of aryl methyl sites for hydroxylation is 2. The third kappa shape index (κ3) is 4.87. The van der Waals surface area contributed by atoms with Gasteiger partial charge in [0, 0.05) is 35.5 Å². The lowest BCUT2D eigenvalue weighted by molar-refractivity contribution is 0.0746. The highest BCUT2D eigenvalue weighted by Crippen LogP contribution is 2.29. The average Bonchev–Trinajstić information content (AvgIpc) is 3.25. The Hall–Kier alpha value is -3.50. The number of aromatic nitrogens is 4. The molecule has 7 nitrogen and oxygen atoms in total. The second-order valence-electron chi connectivity index (χ2n) is 8.33. The van der Waals surface area contributed by atoms with Crippen molar-refractivity contribution in [2.24, 2.45) is 0 Å². The van der Waals surface area contributed by atoms with E-state index in [0.29, 0.717) is 27.8 Å². The molecular formula is C24H22F2N4O3S. The first-order valence-corrected chi connectivity index (χ1v) is 11.2. The van der Waals surface area contributed by atoms with Crippen LogP contribution in [0.25, 0.3) is 16.4 Å². The van der Waals surface area contributed by atoms with Crippen LogP contribution < -0.4 is 10.3 Å². The zero-order valence-electron chi connectivity index (χ0n) is 19.0. The van der Waals surface area contributed by atoms with Crippen molar-refractivity contribution in [3.8, 4) is 22.1 Å². The maximum Gasteiger partial charge on any atom is 0.259 e. The summed E-state index contributed by atoms with van der Waals surface area (Å²) in [5, 5.41) is 12.6. The Labute approximate surface area is 198 Å². The van der Waals surface area contributed by atoms with Gasteiger partial charge in [0.2, 0.25) is 0 Å². The van der Waals surface area contributed by atoms with Crippen molar-refractivity contribution in [1.82, 2.24) is 19.5 Å². The quantitative estimate of drug-likeness (QED) is 0.435. The number of thiazole rings is 1. The van der Waals surface area contributed by atoms with Crippen LogP contribution >= 0.6 is 11.3 Å². The van der Waals surface area contributed by atoms with Crippen molar-refractivity contribution in [3.05, 3.63) is 86.7 Å². The number of rotatable bonds is 6. The molecule has 0 aliphatic rings. The maximum atomic E-state index is 13.8. The highest BCUT2D eigenvalue weighted by molar-refractivity contribution is 7.13. The summed E-state index contributed by atoms with van der Waals surface area (Å²) in [5.41, 5.74) is 1.63. The van der Waals surface area contributed by atoms with Crippen molar-refractivity contribution in [2.45, 2.75) is 39.9 Å². The van der Waals surface area contributed by atoms with Crippen LogP contribution in [-0.2, 0) is 12.2 Å². The summed E-state index contributed by atoms with van der Waals surface area (Å²) in [6, 6.07) is 5.45. The van der Waals surface area contributed by atoms with E-state index in [1.807, 2.05) is 6.92 Å². The summed E-state index contributed by atoms with van der Waals surface area (Å²) in [6.45, 7) is 6.66. The number of hydrogen-bond donors (Lipinski definition) is 1. The van der Waals surface area contributed by atoms with Crippen LogP contribution in [0.1, 0.15) is 36.5 Å². The zero-order chi connectivity index (χ0) is 24.6. The van der Waals surface area contributed by atoms with Gasteiger partial charge in [-0.05, 0) is 39.3 Å². The minimum Gasteiger partial charge on any atom is -0.487 e. The summed E-state index contributed by atoms with van der Waals surface area (Å²) in [6.07, 6.45) is 2.57. The van der Waals surface area contributed by atoms with Gasteiger partial charge in [-0.15, -0.1) is 11.3 Å². The third-order valence-corrected chi connectivity index (χ3v) is 5.98. The summed E-state index contributed by atoms with van der Waals surface area (Å²) in [7, 11) is 0. The van der Waals surface area contributed by atoms with Crippen LogP contribution in [0.15, 0.2) is 46.8 Å². The first-order chi connectivity index (χ1) is 16.0. The molecule has 0 aliphatic carbocycles. The van der Waals surface area contributed by atoms with Gasteiger partial charge in [-0.2, -0.15) is 0 Å². The molecule has 4 aromatic heterocycles. The van der Waals surface area contributed by atoms with Crippen molar-refractivity contribution in [3.63, 3.8) is 0 Å². The minimum atomic E-state index is -1.07. The lowest BCUT2D eigenvalue weighted by atomic mass is 10.1. The Bertz CT molecular complexity index is 1430. The van der Waals surface area contributed by atoms with E-state index in [1.54, 1.807) is 44.5 Å². The van der Waals surface area contributed by atoms with E-state index in [0.717, 1.165) is 17.8 Å². The average molecular weight is 485 g/mol. The van der Waals surface area contributed by atoms with E-state index in [1.165, 1.54) is 22.0 Å². The molecule has 34 heavy (non-hydrogen) atoms. The number of ether oxygens (including phenoxy) is 1. The molecule has 0 aliphatic heterocycles. The SMILES string of the molecule is Cc1cnc(-c2nc(C(C)(C)O)cs2)cc1-n1c(C)cc(OCc2ncc(F)cc2F)cc1=O. The van der Waals surface area contributed by atoms with Crippen LogP contribution in [0.4, 0.5) is 8.78 Å². The predicted octanol–water partition coefficient (Wildman–Crippen LogP) is 4.45. The van der Waals surface area contributed by atoms with Crippen molar-refractivity contribution in [2.75, 3.05) is 0 Å². The van der Waals surface area contributed by atoms with Crippen molar-refractivity contribution in [1.29, 1.82) is 0 Å². The first-order valence-electron chi connectivity index (χ1n) is 10.3. The van der Waals surface area contributed by atoms with Gasteiger partial charge in [-0.3, -0.25) is 19.3 Å². The van der Waals surface area contributed by atoms with Gasteiger partial charge in [-0.25, -0.2) is 13.8 Å². The summed E-state index contributed by atoms with van der Waals surface area (Å²) in [5.74, 6) is -1.35. The summed E-state index contributed by atoms with van der Waals surface area (Å²) in [4.78, 5) is 25.6.